The quantitative estimate of drug-likeness (QED) is 0.549. The van der Waals surface area contributed by atoms with E-state index in [1.165, 1.54) is 0 Å². The molecule has 0 radical (unpaired) electrons. The zero-order chi connectivity index (χ0) is 7.73. The molecule has 0 aromatic carbocycles. The summed E-state index contributed by atoms with van der Waals surface area (Å²) in [5.74, 6) is 0. The Morgan fingerprint density at radius 3 is 2.91 bits per heavy atom. The Hall–Kier alpha value is -0.120. The Morgan fingerprint density at radius 1 is 1.45 bits per heavy atom. The minimum atomic E-state index is -0.00231. The van der Waals surface area contributed by atoms with Crippen LogP contribution in [-0.4, -0.2) is 31.5 Å². The van der Waals surface area contributed by atoms with E-state index in [1.54, 1.807) is 0 Å². The molecule has 2 N–H and O–H groups in total. The fourth-order valence-corrected chi connectivity index (χ4v) is 1.98. The summed E-state index contributed by atoms with van der Waals surface area (Å²) in [6.07, 6.45) is 3.22. The number of hydrogen-bond acceptors (Lipinski definition) is 3. The Bertz CT molecular complexity index is 138. The first-order chi connectivity index (χ1) is 5.31. The van der Waals surface area contributed by atoms with Gasteiger partial charge in [-0.25, -0.2) is 0 Å². The largest absolute Gasteiger partial charge is 0.378 e. The third-order valence-corrected chi connectivity index (χ3v) is 2.52. The minimum absolute atomic E-state index is 0.00231. The van der Waals surface area contributed by atoms with E-state index in [0.717, 1.165) is 32.5 Å². The highest BCUT2D eigenvalue weighted by Crippen LogP contribution is 2.32. The van der Waals surface area contributed by atoms with Crippen LogP contribution in [0.15, 0.2) is 0 Å². The van der Waals surface area contributed by atoms with Gasteiger partial charge in [-0.15, -0.1) is 0 Å². The highest BCUT2D eigenvalue weighted by molar-refractivity contribution is 4.92. The van der Waals surface area contributed by atoms with E-state index in [2.05, 4.69) is 0 Å². The van der Waals surface area contributed by atoms with Crippen molar-refractivity contribution in [3.63, 3.8) is 0 Å². The topological polar surface area (TPSA) is 44.5 Å². The van der Waals surface area contributed by atoms with Gasteiger partial charge in [0.2, 0.25) is 0 Å². The lowest BCUT2D eigenvalue weighted by molar-refractivity contribution is -0.0976. The molecule has 2 aliphatic heterocycles. The lowest BCUT2D eigenvalue weighted by atomic mass is 9.92. The standard InChI is InChI=1S/C8H15NO2/c9-7-4-8(11-5-7)2-1-3-10-6-8/h7H,1-6,9H2. The summed E-state index contributed by atoms with van der Waals surface area (Å²) in [5, 5.41) is 0. The summed E-state index contributed by atoms with van der Waals surface area (Å²) in [6.45, 7) is 2.35. The van der Waals surface area contributed by atoms with E-state index < -0.39 is 0 Å². The summed E-state index contributed by atoms with van der Waals surface area (Å²) in [7, 11) is 0. The third-order valence-electron chi connectivity index (χ3n) is 2.52. The zero-order valence-corrected chi connectivity index (χ0v) is 6.71. The lowest BCUT2D eigenvalue weighted by Gasteiger charge is -2.32. The van der Waals surface area contributed by atoms with Crippen LogP contribution in [0.25, 0.3) is 0 Å². The first-order valence-electron chi connectivity index (χ1n) is 4.28. The molecule has 3 nitrogen and oxygen atoms in total. The molecule has 0 aliphatic carbocycles. The molecule has 0 aromatic rings. The van der Waals surface area contributed by atoms with Crippen LogP contribution in [0, 0.1) is 0 Å². The Balaban J connectivity index is 1.98. The van der Waals surface area contributed by atoms with Crippen LogP contribution < -0.4 is 5.73 Å². The van der Waals surface area contributed by atoms with Crippen molar-refractivity contribution in [3.8, 4) is 0 Å². The van der Waals surface area contributed by atoms with Crippen molar-refractivity contribution < 1.29 is 9.47 Å². The zero-order valence-electron chi connectivity index (χ0n) is 6.71. The predicted octanol–water partition coefficient (Wildman–Crippen LogP) is 0.283. The van der Waals surface area contributed by atoms with Crippen LogP contribution in [-0.2, 0) is 9.47 Å². The fraction of sp³-hybridized carbons (Fsp3) is 1.00. The predicted molar refractivity (Wildman–Crippen MR) is 41.3 cm³/mol. The van der Waals surface area contributed by atoms with Gasteiger partial charge in [0.25, 0.3) is 0 Å². The molecule has 11 heavy (non-hydrogen) atoms. The molecular weight excluding hydrogens is 142 g/mol. The normalized spacial score (nSPS) is 45.0. The van der Waals surface area contributed by atoms with E-state index in [4.69, 9.17) is 15.2 Å². The van der Waals surface area contributed by atoms with E-state index in [0.29, 0.717) is 6.61 Å². The van der Waals surface area contributed by atoms with Crippen LogP contribution in [0.3, 0.4) is 0 Å². The van der Waals surface area contributed by atoms with Gasteiger partial charge in [0.1, 0.15) is 0 Å². The van der Waals surface area contributed by atoms with Crippen LogP contribution in [0.1, 0.15) is 19.3 Å². The first kappa shape index (κ1) is 7.53. The minimum Gasteiger partial charge on any atom is -0.378 e. The van der Waals surface area contributed by atoms with Crippen molar-refractivity contribution in [2.24, 2.45) is 5.73 Å². The maximum atomic E-state index is 5.76. The molecule has 0 amide bonds. The molecule has 2 saturated heterocycles. The van der Waals surface area contributed by atoms with Gasteiger partial charge in [0.05, 0.1) is 18.8 Å². The van der Waals surface area contributed by atoms with Gasteiger partial charge in [0.15, 0.2) is 0 Å². The van der Waals surface area contributed by atoms with Gasteiger partial charge >= 0.3 is 0 Å². The highest BCUT2D eigenvalue weighted by Gasteiger charge is 2.40. The summed E-state index contributed by atoms with van der Waals surface area (Å²) < 4.78 is 11.0. The van der Waals surface area contributed by atoms with Gasteiger partial charge in [-0.1, -0.05) is 0 Å². The monoisotopic (exact) mass is 157 g/mol. The van der Waals surface area contributed by atoms with Crippen molar-refractivity contribution in [2.45, 2.75) is 30.9 Å². The van der Waals surface area contributed by atoms with E-state index in [-0.39, 0.29) is 11.6 Å². The summed E-state index contributed by atoms with van der Waals surface area (Å²) in [5.41, 5.74) is 5.76. The number of nitrogens with two attached hydrogens (primary N) is 1. The van der Waals surface area contributed by atoms with Gasteiger partial charge in [-0.05, 0) is 19.3 Å². The van der Waals surface area contributed by atoms with E-state index in [1.807, 2.05) is 0 Å². The molecule has 2 atom stereocenters. The number of hydrogen-bond donors (Lipinski definition) is 1. The molecule has 2 unspecified atom stereocenters. The van der Waals surface area contributed by atoms with Crippen LogP contribution in [0.5, 0.6) is 0 Å². The molecule has 0 bridgehead atoms. The molecule has 2 aliphatic rings. The van der Waals surface area contributed by atoms with Crippen molar-refractivity contribution >= 4 is 0 Å². The van der Waals surface area contributed by atoms with Crippen LogP contribution in [0.4, 0.5) is 0 Å². The van der Waals surface area contributed by atoms with Gasteiger partial charge in [0, 0.05) is 12.6 Å². The highest BCUT2D eigenvalue weighted by atomic mass is 16.5. The molecule has 0 saturated carbocycles. The Morgan fingerprint density at radius 2 is 2.36 bits per heavy atom. The molecule has 0 aromatic heterocycles. The maximum Gasteiger partial charge on any atom is 0.0932 e. The second-order valence-electron chi connectivity index (χ2n) is 3.61. The van der Waals surface area contributed by atoms with Crippen LogP contribution in [0.2, 0.25) is 0 Å². The molecule has 2 rings (SSSR count). The smallest absolute Gasteiger partial charge is 0.0932 e. The fourth-order valence-electron chi connectivity index (χ4n) is 1.98. The average molecular weight is 157 g/mol. The lowest BCUT2D eigenvalue weighted by Crippen LogP contribution is -2.38. The van der Waals surface area contributed by atoms with E-state index in [9.17, 15) is 0 Å². The van der Waals surface area contributed by atoms with Crippen molar-refractivity contribution in [3.05, 3.63) is 0 Å². The molecule has 2 fully saturated rings. The van der Waals surface area contributed by atoms with Gasteiger partial charge in [-0.3, -0.25) is 0 Å². The molecule has 1 spiro atoms. The molecule has 3 heteroatoms. The summed E-state index contributed by atoms with van der Waals surface area (Å²) in [6, 6.07) is 0.233. The number of ether oxygens (including phenoxy) is 2. The number of rotatable bonds is 0. The SMILES string of the molecule is NC1COC2(CCCOC2)C1. The Labute approximate surface area is 66.8 Å². The second kappa shape index (κ2) is 2.73. The summed E-state index contributed by atoms with van der Waals surface area (Å²) in [4.78, 5) is 0. The molecule has 2 heterocycles. The molecule has 64 valence electrons. The van der Waals surface area contributed by atoms with Crippen molar-refractivity contribution in [1.29, 1.82) is 0 Å². The second-order valence-corrected chi connectivity index (χ2v) is 3.61. The van der Waals surface area contributed by atoms with Gasteiger partial charge in [-0.2, -0.15) is 0 Å². The van der Waals surface area contributed by atoms with Crippen molar-refractivity contribution in [1.82, 2.24) is 0 Å². The van der Waals surface area contributed by atoms with E-state index >= 15 is 0 Å². The average Bonchev–Trinajstić information content (AvgIpc) is 2.34. The molecular formula is C8H15NO2. The Kier molecular flexibility index (Phi) is 1.87. The summed E-state index contributed by atoms with van der Waals surface area (Å²) >= 11 is 0. The maximum absolute atomic E-state index is 5.76. The van der Waals surface area contributed by atoms with Crippen LogP contribution >= 0.6 is 0 Å². The third kappa shape index (κ3) is 1.41. The van der Waals surface area contributed by atoms with Gasteiger partial charge < -0.3 is 15.2 Å². The first-order valence-corrected chi connectivity index (χ1v) is 4.28. The van der Waals surface area contributed by atoms with Crippen molar-refractivity contribution in [2.75, 3.05) is 19.8 Å².